The molecule has 3 heterocycles. The van der Waals surface area contributed by atoms with E-state index >= 15 is 0 Å². The summed E-state index contributed by atoms with van der Waals surface area (Å²) in [7, 11) is 1.96. The van der Waals surface area contributed by atoms with Gasteiger partial charge in [-0.25, -0.2) is 0 Å². The number of rotatable bonds is 4. The standard InChI is InChI=1S/C17H31N3O4/c1-12-11-17(3)14(13(2)23-12)19(4)16(24-17)15(21)18-5-6-20-7-9-22-10-8-20/h12-14,16H,5-11H2,1-4H3,(H,18,21). The topological polar surface area (TPSA) is 63.3 Å². The summed E-state index contributed by atoms with van der Waals surface area (Å²) in [6, 6.07) is 0.101. The van der Waals surface area contributed by atoms with Gasteiger partial charge in [0.1, 0.15) is 0 Å². The van der Waals surface area contributed by atoms with Crippen LogP contribution < -0.4 is 5.32 Å². The van der Waals surface area contributed by atoms with Crippen molar-refractivity contribution < 1.29 is 19.0 Å². The van der Waals surface area contributed by atoms with Gasteiger partial charge >= 0.3 is 0 Å². The highest BCUT2D eigenvalue weighted by Gasteiger charge is 2.56. The molecule has 0 aromatic carbocycles. The van der Waals surface area contributed by atoms with Crippen LogP contribution in [0.2, 0.25) is 0 Å². The van der Waals surface area contributed by atoms with Gasteiger partial charge in [0.05, 0.1) is 37.1 Å². The molecule has 3 aliphatic rings. The molecule has 0 spiro atoms. The molecule has 0 aromatic heterocycles. The minimum absolute atomic E-state index is 0.0508. The highest BCUT2D eigenvalue weighted by molar-refractivity contribution is 5.80. The number of fused-ring (bicyclic) bond motifs is 1. The Morgan fingerprint density at radius 1 is 1.29 bits per heavy atom. The zero-order valence-electron chi connectivity index (χ0n) is 15.3. The van der Waals surface area contributed by atoms with Crippen molar-refractivity contribution in [3.63, 3.8) is 0 Å². The van der Waals surface area contributed by atoms with E-state index in [1.54, 1.807) is 0 Å². The molecule has 7 nitrogen and oxygen atoms in total. The molecule has 3 fully saturated rings. The molecular weight excluding hydrogens is 310 g/mol. The largest absolute Gasteiger partial charge is 0.379 e. The van der Waals surface area contributed by atoms with Gasteiger partial charge in [-0.2, -0.15) is 0 Å². The second-order valence-corrected chi connectivity index (χ2v) is 7.49. The lowest BCUT2D eigenvalue weighted by molar-refractivity contribution is -0.153. The number of nitrogens with one attached hydrogen (secondary N) is 1. The first-order chi connectivity index (χ1) is 11.4. The minimum Gasteiger partial charge on any atom is -0.379 e. The second-order valence-electron chi connectivity index (χ2n) is 7.49. The summed E-state index contributed by atoms with van der Waals surface area (Å²) in [5, 5.41) is 3.03. The van der Waals surface area contributed by atoms with Crippen molar-refractivity contribution >= 4 is 5.91 Å². The molecule has 3 saturated heterocycles. The van der Waals surface area contributed by atoms with Crippen LogP contribution in [0.4, 0.5) is 0 Å². The van der Waals surface area contributed by atoms with Crippen LogP contribution in [0.1, 0.15) is 27.2 Å². The van der Waals surface area contributed by atoms with Crippen LogP contribution in [0, 0.1) is 0 Å². The van der Waals surface area contributed by atoms with Crippen molar-refractivity contribution in [2.45, 2.75) is 57.3 Å². The number of amides is 1. The fourth-order valence-electron chi connectivity index (χ4n) is 4.53. The van der Waals surface area contributed by atoms with Gasteiger partial charge in [0.25, 0.3) is 5.91 Å². The number of nitrogens with zero attached hydrogens (tertiary/aromatic N) is 2. The highest BCUT2D eigenvalue weighted by atomic mass is 16.6. The lowest BCUT2D eigenvalue weighted by Crippen LogP contribution is -2.56. The Hall–Kier alpha value is -0.730. The zero-order valence-corrected chi connectivity index (χ0v) is 15.3. The normalized spacial score (nSPS) is 41.2. The van der Waals surface area contributed by atoms with Gasteiger partial charge in [-0.05, 0) is 27.8 Å². The summed E-state index contributed by atoms with van der Waals surface area (Å²) in [6.45, 7) is 11.1. The maximum atomic E-state index is 12.6. The van der Waals surface area contributed by atoms with Gasteiger partial charge in [0.15, 0.2) is 6.23 Å². The van der Waals surface area contributed by atoms with E-state index in [9.17, 15) is 4.79 Å². The van der Waals surface area contributed by atoms with Crippen molar-refractivity contribution in [3.05, 3.63) is 0 Å². The first-order valence-corrected chi connectivity index (χ1v) is 9.04. The number of likely N-dealkylation sites (N-methyl/N-ethyl adjacent to an activating group) is 1. The van der Waals surface area contributed by atoms with E-state index in [2.05, 4.69) is 31.0 Å². The van der Waals surface area contributed by atoms with Crippen LogP contribution in [-0.4, -0.2) is 92.2 Å². The lowest BCUT2D eigenvalue weighted by Gasteiger charge is -2.43. The summed E-state index contributed by atoms with van der Waals surface area (Å²) < 4.78 is 17.5. The lowest BCUT2D eigenvalue weighted by atomic mass is 9.84. The van der Waals surface area contributed by atoms with E-state index in [1.165, 1.54) is 0 Å². The summed E-state index contributed by atoms with van der Waals surface area (Å²) in [5.74, 6) is -0.0544. The van der Waals surface area contributed by atoms with Crippen molar-refractivity contribution in [3.8, 4) is 0 Å². The highest BCUT2D eigenvalue weighted by Crippen LogP contribution is 2.41. The van der Waals surface area contributed by atoms with E-state index in [1.807, 2.05) is 11.9 Å². The van der Waals surface area contributed by atoms with Crippen molar-refractivity contribution in [2.24, 2.45) is 0 Å². The average molecular weight is 341 g/mol. The van der Waals surface area contributed by atoms with Crippen LogP contribution >= 0.6 is 0 Å². The summed E-state index contributed by atoms with van der Waals surface area (Å²) >= 11 is 0. The molecule has 0 bridgehead atoms. The zero-order chi connectivity index (χ0) is 17.3. The van der Waals surface area contributed by atoms with Crippen molar-refractivity contribution in [2.75, 3.05) is 46.4 Å². The molecule has 0 saturated carbocycles. The van der Waals surface area contributed by atoms with E-state index in [-0.39, 0.29) is 29.8 Å². The van der Waals surface area contributed by atoms with Crippen LogP contribution in [0.15, 0.2) is 0 Å². The SMILES string of the molecule is CC1CC2(C)OC(C(=O)NCCN3CCOCC3)N(C)C2C(C)O1. The quantitative estimate of drug-likeness (QED) is 0.779. The van der Waals surface area contributed by atoms with Gasteiger partial charge in [-0.1, -0.05) is 0 Å². The molecule has 0 radical (unpaired) electrons. The number of morpholine rings is 1. The number of carbonyl (C=O) groups is 1. The maximum absolute atomic E-state index is 12.6. The molecular formula is C17H31N3O4. The van der Waals surface area contributed by atoms with E-state index in [0.29, 0.717) is 6.54 Å². The van der Waals surface area contributed by atoms with Gasteiger partial charge in [0, 0.05) is 32.6 Å². The average Bonchev–Trinajstić information content (AvgIpc) is 2.79. The monoisotopic (exact) mass is 341 g/mol. The molecule has 5 unspecified atom stereocenters. The Morgan fingerprint density at radius 2 is 2.00 bits per heavy atom. The van der Waals surface area contributed by atoms with Crippen molar-refractivity contribution in [1.82, 2.24) is 15.1 Å². The molecule has 1 N–H and O–H groups in total. The number of ether oxygens (including phenoxy) is 3. The van der Waals surface area contributed by atoms with Crippen LogP contribution in [0.25, 0.3) is 0 Å². The van der Waals surface area contributed by atoms with Crippen molar-refractivity contribution in [1.29, 1.82) is 0 Å². The number of hydrogen-bond acceptors (Lipinski definition) is 6. The Bertz CT molecular complexity index is 457. The smallest absolute Gasteiger partial charge is 0.264 e. The van der Waals surface area contributed by atoms with Gasteiger partial charge in [-0.3, -0.25) is 14.6 Å². The number of carbonyl (C=O) groups excluding carboxylic acids is 1. The third kappa shape index (κ3) is 3.60. The molecule has 0 aromatic rings. The predicted octanol–water partition coefficient (Wildman–Crippen LogP) is 0.0475. The Kier molecular flexibility index (Phi) is 5.46. The number of hydrogen-bond donors (Lipinski definition) is 1. The summed E-state index contributed by atoms with van der Waals surface area (Å²) in [6.07, 6.45) is 0.470. The molecule has 5 atom stereocenters. The Morgan fingerprint density at radius 3 is 2.71 bits per heavy atom. The fraction of sp³-hybridized carbons (Fsp3) is 0.941. The maximum Gasteiger partial charge on any atom is 0.264 e. The molecule has 3 aliphatic heterocycles. The third-order valence-electron chi connectivity index (χ3n) is 5.45. The third-order valence-corrected chi connectivity index (χ3v) is 5.45. The second kappa shape index (κ2) is 7.25. The molecule has 7 heteroatoms. The minimum atomic E-state index is -0.541. The molecule has 138 valence electrons. The van der Waals surface area contributed by atoms with Crippen LogP contribution in [0.3, 0.4) is 0 Å². The summed E-state index contributed by atoms with van der Waals surface area (Å²) in [5.41, 5.74) is -0.335. The van der Waals surface area contributed by atoms with Gasteiger partial charge < -0.3 is 19.5 Å². The molecule has 3 rings (SSSR count). The molecule has 1 amide bonds. The summed E-state index contributed by atoms with van der Waals surface area (Å²) in [4.78, 5) is 16.9. The van der Waals surface area contributed by atoms with Crippen LogP contribution in [-0.2, 0) is 19.0 Å². The van der Waals surface area contributed by atoms with Gasteiger partial charge in [0.2, 0.25) is 0 Å². The molecule has 0 aliphatic carbocycles. The molecule has 24 heavy (non-hydrogen) atoms. The Labute approximate surface area is 144 Å². The first-order valence-electron chi connectivity index (χ1n) is 9.04. The van der Waals surface area contributed by atoms with E-state index in [4.69, 9.17) is 14.2 Å². The van der Waals surface area contributed by atoms with E-state index < -0.39 is 6.23 Å². The van der Waals surface area contributed by atoms with E-state index in [0.717, 1.165) is 39.3 Å². The predicted molar refractivity (Wildman–Crippen MR) is 89.7 cm³/mol. The Balaban J connectivity index is 1.53. The fourth-order valence-corrected chi connectivity index (χ4v) is 4.53. The van der Waals surface area contributed by atoms with Crippen LogP contribution in [0.5, 0.6) is 0 Å². The first kappa shape index (κ1) is 18.1. The van der Waals surface area contributed by atoms with Gasteiger partial charge in [-0.15, -0.1) is 0 Å².